The van der Waals surface area contributed by atoms with E-state index in [1.807, 2.05) is 0 Å². The van der Waals surface area contributed by atoms with Gasteiger partial charge in [-0.05, 0) is 54.8 Å². The van der Waals surface area contributed by atoms with Crippen molar-refractivity contribution in [1.29, 1.82) is 0 Å². The lowest BCUT2D eigenvalue weighted by atomic mass is 10.2. The van der Waals surface area contributed by atoms with Crippen LogP contribution in [0.2, 0.25) is 0 Å². The van der Waals surface area contributed by atoms with Gasteiger partial charge in [0.05, 0.1) is 0 Å². The molecule has 1 N–H and O–H groups in total. The highest BCUT2D eigenvalue weighted by molar-refractivity contribution is 7.20. The number of amides is 1. The molecule has 3 aromatic rings. The van der Waals surface area contributed by atoms with Crippen LogP contribution < -0.4 is 5.32 Å². The van der Waals surface area contributed by atoms with Crippen molar-refractivity contribution < 1.29 is 23.1 Å². The summed E-state index contributed by atoms with van der Waals surface area (Å²) in [7, 11) is 0. The van der Waals surface area contributed by atoms with E-state index in [9.17, 15) is 18.4 Å². The topological polar surface area (TPSA) is 55.4 Å². The molecule has 0 aliphatic carbocycles. The van der Waals surface area contributed by atoms with Gasteiger partial charge in [0.1, 0.15) is 16.5 Å². The van der Waals surface area contributed by atoms with Gasteiger partial charge in [0.2, 0.25) is 0 Å². The first-order valence-corrected chi connectivity index (χ1v) is 8.20. The van der Waals surface area contributed by atoms with E-state index in [1.165, 1.54) is 43.3 Å². The van der Waals surface area contributed by atoms with Crippen LogP contribution in [0.15, 0.2) is 48.5 Å². The lowest BCUT2D eigenvalue weighted by molar-refractivity contribution is -0.123. The van der Waals surface area contributed by atoms with Crippen LogP contribution in [0.3, 0.4) is 0 Å². The third-order valence-electron chi connectivity index (χ3n) is 3.42. The highest BCUT2D eigenvalue weighted by Crippen LogP contribution is 2.27. The van der Waals surface area contributed by atoms with Crippen molar-refractivity contribution in [1.82, 2.24) is 0 Å². The predicted octanol–water partition coefficient (Wildman–Crippen LogP) is 4.36. The molecule has 1 amide bonds. The third-order valence-corrected chi connectivity index (χ3v) is 4.52. The van der Waals surface area contributed by atoms with Gasteiger partial charge in [-0.1, -0.05) is 6.07 Å². The average Bonchev–Trinajstić information content (AvgIpc) is 2.98. The van der Waals surface area contributed by atoms with Gasteiger partial charge in [-0.15, -0.1) is 11.3 Å². The second-order valence-electron chi connectivity index (χ2n) is 5.34. The molecular weight excluding hydrogens is 348 g/mol. The first-order chi connectivity index (χ1) is 11.9. The van der Waals surface area contributed by atoms with Crippen LogP contribution in [0.25, 0.3) is 10.1 Å². The Morgan fingerprint density at radius 3 is 2.60 bits per heavy atom. The number of rotatable bonds is 4. The zero-order valence-corrected chi connectivity index (χ0v) is 13.9. The minimum atomic E-state index is -1.07. The van der Waals surface area contributed by atoms with Crippen molar-refractivity contribution in [3.8, 4) is 0 Å². The van der Waals surface area contributed by atoms with Gasteiger partial charge in [-0.2, -0.15) is 0 Å². The number of carbonyl (C=O) groups excluding carboxylic acids is 2. The summed E-state index contributed by atoms with van der Waals surface area (Å²) < 4.78 is 32.2. The summed E-state index contributed by atoms with van der Waals surface area (Å²) in [4.78, 5) is 24.5. The second-order valence-corrected chi connectivity index (χ2v) is 6.42. The van der Waals surface area contributed by atoms with Crippen LogP contribution in [0.4, 0.5) is 14.5 Å². The Balaban J connectivity index is 1.67. The SMILES string of the molecule is C[C@H](OC(=O)c1cc2cc(F)ccc2s1)C(=O)Nc1cccc(F)c1. The fourth-order valence-electron chi connectivity index (χ4n) is 2.20. The molecule has 3 rings (SSSR count). The van der Waals surface area contributed by atoms with Crippen LogP contribution >= 0.6 is 11.3 Å². The van der Waals surface area contributed by atoms with E-state index in [0.29, 0.717) is 5.39 Å². The molecule has 0 spiro atoms. The summed E-state index contributed by atoms with van der Waals surface area (Å²) in [5.41, 5.74) is 0.269. The summed E-state index contributed by atoms with van der Waals surface area (Å²) in [6.07, 6.45) is -1.07. The largest absolute Gasteiger partial charge is 0.448 e. The molecule has 25 heavy (non-hydrogen) atoms. The monoisotopic (exact) mass is 361 g/mol. The zero-order chi connectivity index (χ0) is 18.0. The van der Waals surface area contributed by atoms with Gasteiger partial charge >= 0.3 is 5.97 Å². The average molecular weight is 361 g/mol. The minimum absolute atomic E-state index is 0.269. The molecule has 4 nitrogen and oxygen atoms in total. The molecule has 1 aromatic heterocycles. The lowest BCUT2D eigenvalue weighted by Crippen LogP contribution is -2.29. The smallest absolute Gasteiger partial charge is 0.349 e. The number of thiophene rings is 1. The van der Waals surface area contributed by atoms with Crippen LogP contribution in [0.1, 0.15) is 16.6 Å². The van der Waals surface area contributed by atoms with Crippen LogP contribution in [0.5, 0.6) is 0 Å². The highest BCUT2D eigenvalue weighted by Gasteiger charge is 2.20. The molecule has 0 aliphatic rings. The Morgan fingerprint density at radius 2 is 1.84 bits per heavy atom. The summed E-state index contributed by atoms with van der Waals surface area (Å²) in [6, 6.07) is 11.1. The van der Waals surface area contributed by atoms with Crippen molar-refractivity contribution in [2.75, 3.05) is 5.32 Å². The summed E-state index contributed by atoms with van der Waals surface area (Å²) in [6.45, 7) is 1.42. The number of nitrogens with one attached hydrogen (secondary N) is 1. The molecule has 1 heterocycles. The molecule has 1 atom stereocenters. The molecule has 0 saturated heterocycles. The molecule has 0 bridgehead atoms. The minimum Gasteiger partial charge on any atom is -0.448 e. The number of esters is 1. The maximum absolute atomic E-state index is 13.2. The Kier molecular flexibility index (Phi) is 4.76. The lowest BCUT2D eigenvalue weighted by Gasteiger charge is -2.13. The summed E-state index contributed by atoms with van der Waals surface area (Å²) in [5, 5.41) is 3.06. The fourth-order valence-corrected chi connectivity index (χ4v) is 3.12. The number of anilines is 1. The van der Waals surface area contributed by atoms with Gasteiger partial charge in [0, 0.05) is 10.4 Å². The Bertz CT molecular complexity index is 954. The quantitative estimate of drug-likeness (QED) is 0.703. The molecule has 7 heteroatoms. The van der Waals surface area contributed by atoms with Gasteiger partial charge in [-0.25, -0.2) is 13.6 Å². The zero-order valence-electron chi connectivity index (χ0n) is 13.1. The first kappa shape index (κ1) is 17.0. The number of fused-ring (bicyclic) bond motifs is 1. The van der Waals surface area contributed by atoms with E-state index in [1.54, 1.807) is 6.07 Å². The first-order valence-electron chi connectivity index (χ1n) is 7.39. The standard InChI is InChI=1S/C18H13F2NO3S/c1-10(17(22)21-14-4-2-3-12(19)9-14)24-18(23)16-8-11-7-13(20)5-6-15(11)25-16/h2-10H,1H3,(H,21,22)/t10-/m0/s1. The maximum atomic E-state index is 13.2. The number of ether oxygens (including phenoxy) is 1. The van der Waals surface area contributed by atoms with Crippen molar-refractivity contribution in [2.24, 2.45) is 0 Å². The van der Waals surface area contributed by atoms with Gasteiger partial charge in [0.25, 0.3) is 5.91 Å². The van der Waals surface area contributed by atoms with E-state index in [0.717, 1.165) is 22.1 Å². The normalized spacial score (nSPS) is 12.0. The van der Waals surface area contributed by atoms with Crippen molar-refractivity contribution in [2.45, 2.75) is 13.0 Å². The van der Waals surface area contributed by atoms with Gasteiger partial charge < -0.3 is 10.1 Å². The number of hydrogen-bond donors (Lipinski definition) is 1. The van der Waals surface area contributed by atoms with Gasteiger partial charge in [-0.3, -0.25) is 4.79 Å². The molecule has 128 valence electrons. The Labute approximate surface area is 146 Å². The Morgan fingerprint density at radius 1 is 1.08 bits per heavy atom. The number of hydrogen-bond acceptors (Lipinski definition) is 4. The van der Waals surface area contributed by atoms with Crippen LogP contribution in [-0.2, 0) is 9.53 Å². The van der Waals surface area contributed by atoms with Gasteiger partial charge in [0.15, 0.2) is 6.10 Å². The molecule has 0 saturated carbocycles. The highest BCUT2D eigenvalue weighted by atomic mass is 32.1. The van der Waals surface area contributed by atoms with E-state index < -0.39 is 29.6 Å². The molecule has 2 aromatic carbocycles. The van der Waals surface area contributed by atoms with E-state index >= 15 is 0 Å². The molecular formula is C18H13F2NO3S. The van der Waals surface area contributed by atoms with Crippen molar-refractivity contribution in [3.05, 3.63) is 65.0 Å². The van der Waals surface area contributed by atoms with Crippen molar-refractivity contribution in [3.63, 3.8) is 0 Å². The second kappa shape index (κ2) is 6.98. The third kappa shape index (κ3) is 4.00. The number of benzene rings is 2. The van der Waals surface area contributed by atoms with E-state index in [2.05, 4.69) is 5.32 Å². The number of halogens is 2. The van der Waals surface area contributed by atoms with E-state index in [4.69, 9.17) is 4.74 Å². The van der Waals surface area contributed by atoms with Crippen LogP contribution in [-0.4, -0.2) is 18.0 Å². The maximum Gasteiger partial charge on any atom is 0.349 e. The van der Waals surface area contributed by atoms with Crippen molar-refractivity contribution >= 4 is 39.0 Å². The summed E-state index contributed by atoms with van der Waals surface area (Å²) in [5.74, 6) is -2.14. The Hall–Kier alpha value is -2.80. The molecule has 0 aliphatic heterocycles. The van der Waals surface area contributed by atoms with Crippen LogP contribution in [0, 0.1) is 11.6 Å². The number of carbonyl (C=O) groups is 2. The summed E-state index contributed by atoms with van der Waals surface area (Å²) >= 11 is 1.15. The molecule has 0 fully saturated rings. The molecule has 0 unspecified atom stereocenters. The molecule has 0 radical (unpaired) electrons. The van der Waals surface area contributed by atoms with E-state index in [-0.39, 0.29) is 10.6 Å². The predicted molar refractivity (Wildman–Crippen MR) is 91.7 cm³/mol. The fraction of sp³-hybridized carbons (Fsp3) is 0.111.